The summed E-state index contributed by atoms with van der Waals surface area (Å²) in [5.41, 5.74) is 0. The Morgan fingerprint density at radius 1 is 0.765 bits per heavy atom. The van der Waals surface area contributed by atoms with Crippen LogP contribution in [0.25, 0.3) is 10.8 Å². The Kier molecular flexibility index (Phi) is 4.06. The molecule has 0 saturated carbocycles. The quantitative estimate of drug-likeness (QED) is 0.687. The summed E-state index contributed by atoms with van der Waals surface area (Å²) in [5, 5.41) is 2.15. The first kappa shape index (κ1) is 11.1. The molecule has 17 heavy (non-hydrogen) atoms. The maximum absolute atomic E-state index is 5.05. The number of nitrogens with zero attached hydrogens (tertiary/aromatic N) is 2. The van der Waals surface area contributed by atoms with E-state index in [4.69, 9.17) is 4.42 Å². The molecule has 1 heterocycles. The number of aromatic nitrogens is 2. The molecule has 0 fully saturated rings. The third-order valence-electron chi connectivity index (χ3n) is 2.11. The average Bonchev–Trinajstić information content (AvgIpc) is 2.38. The topological polar surface area (TPSA) is 38.9 Å². The lowest BCUT2D eigenvalue weighted by molar-refractivity contribution is 0.535. The van der Waals surface area contributed by atoms with Crippen molar-refractivity contribution in [3.05, 3.63) is 73.7 Å². The smallest absolute Gasteiger partial charge is 0.180 e. The lowest BCUT2D eigenvalue weighted by Crippen LogP contribution is -1.67. The van der Waals surface area contributed by atoms with Gasteiger partial charge in [0.05, 0.1) is 6.26 Å². The van der Waals surface area contributed by atoms with Crippen molar-refractivity contribution in [3.63, 3.8) is 0 Å². The zero-order valence-corrected chi connectivity index (χ0v) is 9.23. The van der Waals surface area contributed by atoms with Gasteiger partial charge in [-0.2, -0.15) is 0 Å². The molecule has 0 saturated heterocycles. The van der Waals surface area contributed by atoms with Gasteiger partial charge in [0.25, 0.3) is 0 Å². The summed E-state index contributed by atoms with van der Waals surface area (Å²) in [6.07, 6.45) is 8.04. The molecule has 0 N–H and O–H groups in total. The van der Waals surface area contributed by atoms with Gasteiger partial charge in [0.2, 0.25) is 0 Å². The first-order valence-electron chi connectivity index (χ1n) is 5.24. The van der Waals surface area contributed by atoms with Crippen molar-refractivity contribution in [1.29, 1.82) is 0 Å². The summed E-state index contributed by atoms with van der Waals surface area (Å²) < 4.78 is 5.05. The van der Waals surface area contributed by atoms with Crippen molar-refractivity contribution in [1.82, 2.24) is 9.97 Å². The second kappa shape index (κ2) is 6.23. The Bertz CT molecular complexity index is 539. The van der Waals surface area contributed by atoms with E-state index in [9.17, 15) is 0 Å². The predicted molar refractivity (Wildman–Crippen MR) is 67.1 cm³/mol. The van der Waals surface area contributed by atoms with Crippen LogP contribution in [0.2, 0.25) is 0 Å². The molecule has 84 valence electrons. The van der Waals surface area contributed by atoms with Crippen LogP contribution in [0.1, 0.15) is 0 Å². The summed E-state index contributed by atoms with van der Waals surface area (Å²) in [6, 6.07) is 13.5. The number of fused-ring (bicyclic) bond motifs is 1. The van der Waals surface area contributed by atoms with Gasteiger partial charge in [0.15, 0.2) is 6.39 Å². The SMILES string of the molecule is c1cncocccc2ccccc2cnc1. The molecule has 0 bridgehead atoms. The second-order valence-corrected chi connectivity index (χ2v) is 3.28. The maximum Gasteiger partial charge on any atom is 0.180 e. The molecular weight excluding hydrogens is 212 g/mol. The molecule has 0 aliphatic carbocycles. The summed E-state index contributed by atoms with van der Waals surface area (Å²) in [6.45, 7) is 0. The molecule has 3 heteroatoms. The third kappa shape index (κ3) is 3.57. The molecule has 0 aliphatic rings. The number of hydrogen-bond donors (Lipinski definition) is 0. The van der Waals surface area contributed by atoms with Crippen LogP contribution in [0.5, 0.6) is 0 Å². The van der Waals surface area contributed by atoms with E-state index in [1.807, 2.05) is 42.6 Å². The van der Waals surface area contributed by atoms with Crippen LogP contribution >= 0.6 is 0 Å². The van der Waals surface area contributed by atoms with Gasteiger partial charge in [-0.15, -0.1) is 0 Å². The highest BCUT2D eigenvalue weighted by Gasteiger charge is 1.83. The van der Waals surface area contributed by atoms with E-state index in [-0.39, 0.29) is 0 Å². The molecule has 3 nitrogen and oxygen atoms in total. The van der Waals surface area contributed by atoms with Crippen LogP contribution in [-0.2, 0) is 0 Å². The Labute approximate surface area is 99.4 Å². The predicted octanol–water partition coefficient (Wildman–Crippen LogP) is 3.47. The minimum Gasteiger partial charge on any atom is -0.453 e. The molecule has 0 radical (unpaired) electrons. The lowest BCUT2D eigenvalue weighted by Gasteiger charge is -1.89. The van der Waals surface area contributed by atoms with Gasteiger partial charge in [-0.05, 0) is 22.9 Å². The van der Waals surface area contributed by atoms with Gasteiger partial charge in [0, 0.05) is 18.6 Å². The molecule has 0 spiro atoms. The van der Waals surface area contributed by atoms with E-state index in [0.717, 1.165) is 10.8 Å². The molecular formula is C14H12N2O. The first-order chi connectivity index (χ1) is 8.47. The number of rotatable bonds is 0. The van der Waals surface area contributed by atoms with Crippen molar-refractivity contribution in [3.8, 4) is 0 Å². The van der Waals surface area contributed by atoms with Gasteiger partial charge in [-0.3, -0.25) is 4.98 Å². The maximum atomic E-state index is 5.05. The van der Waals surface area contributed by atoms with E-state index in [1.165, 1.54) is 6.39 Å². The van der Waals surface area contributed by atoms with Crippen LogP contribution in [-0.4, -0.2) is 9.97 Å². The number of benzene rings is 1. The van der Waals surface area contributed by atoms with E-state index >= 15 is 0 Å². The van der Waals surface area contributed by atoms with Gasteiger partial charge >= 0.3 is 0 Å². The standard InChI is InChI=1S/C14H12N2O/c1-2-6-14-11-15-8-4-9-16-12-17-10-3-7-13(14)5-1/h1-12H. The Balaban J connectivity index is 2.67. The van der Waals surface area contributed by atoms with Crippen molar-refractivity contribution in [2.45, 2.75) is 0 Å². The van der Waals surface area contributed by atoms with Gasteiger partial charge in [-0.1, -0.05) is 30.3 Å². The minimum atomic E-state index is 1.06. The van der Waals surface area contributed by atoms with E-state index in [0.29, 0.717) is 0 Å². The van der Waals surface area contributed by atoms with Crippen LogP contribution in [0.3, 0.4) is 0 Å². The van der Waals surface area contributed by atoms with Crippen LogP contribution in [0, 0.1) is 0 Å². The first-order valence-corrected chi connectivity index (χ1v) is 5.24. The molecule has 0 atom stereocenters. The monoisotopic (exact) mass is 224 g/mol. The largest absolute Gasteiger partial charge is 0.453 e. The molecule has 0 aliphatic heterocycles. The summed E-state index contributed by atoms with van der Waals surface area (Å²) >= 11 is 0. The van der Waals surface area contributed by atoms with Gasteiger partial charge in [-0.25, -0.2) is 4.98 Å². The Morgan fingerprint density at radius 3 is 2.47 bits per heavy atom. The normalized spacial score (nSPS) is 9.18. The zero-order chi connectivity index (χ0) is 11.8. The zero-order valence-electron chi connectivity index (χ0n) is 9.23. The second-order valence-electron chi connectivity index (χ2n) is 3.28. The van der Waals surface area contributed by atoms with E-state index in [2.05, 4.69) is 9.97 Å². The lowest BCUT2D eigenvalue weighted by atomic mass is 10.2. The van der Waals surface area contributed by atoms with Gasteiger partial charge in [0.1, 0.15) is 0 Å². The van der Waals surface area contributed by atoms with Crippen LogP contribution in [0.4, 0.5) is 0 Å². The highest BCUT2D eigenvalue weighted by Crippen LogP contribution is 2.08. The van der Waals surface area contributed by atoms with Crippen molar-refractivity contribution < 1.29 is 4.42 Å². The molecule has 2 aromatic rings. The molecule has 2 rings (SSSR count). The fourth-order valence-electron chi connectivity index (χ4n) is 1.34. The summed E-state index contributed by atoms with van der Waals surface area (Å²) in [5.74, 6) is 0. The number of hydrogen-bond acceptors (Lipinski definition) is 3. The molecule has 1 aromatic carbocycles. The van der Waals surface area contributed by atoms with Crippen LogP contribution in [0.15, 0.2) is 78.1 Å². The third-order valence-corrected chi connectivity index (χ3v) is 2.11. The van der Waals surface area contributed by atoms with Gasteiger partial charge < -0.3 is 4.42 Å². The highest BCUT2D eigenvalue weighted by molar-refractivity contribution is 5.80. The van der Waals surface area contributed by atoms with Crippen molar-refractivity contribution in [2.75, 3.05) is 0 Å². The fraction of sp³-hybridized carbons (Fsp3) is 0. The minimum absolute atomic E-state index is 1.06. The summed E-state index contributed by atoms with van der Waals surface area (Å²) in [7, 11) is 0. The molecule has 0 unspecified atom stereocenters. The van der Waals surface area contributed by atoms with E-state index < -0.39 is 0 Å². The van der Waals surface area contributed by atoms with Crippen molar-refractivity contribution >= 4 is 10.8 Å². The molecule has 0 amide bonds. The summed E-state index contributed by atoms with van der Waals surface area (Å²) in [4.78, 5) is 8.07. The van der Waals surface area contributed by atoms with Crippen molar-refractivity contribution in [2.24, 2.45) is 0 Å². The fourth-order valence-corrected chi connectivity index (χ4v) is 1.34. The van der Waals surface area contributed by atoms with Crippen LogP contribution < -0.4 is 0 Å². The highest BCUT2D eigenvalue weighted by atomic mass is 16.3. The van der Waals surface area contributed by atoms with E-state index in [1.54, 1.807) is 24.7 Å². The Morgan fingerprint density at radius 2 is 1.53 bits per heavy atom. The average molecular weight is 224 g/mol. The molecule has 1 aromatic heterocycles. The Hall–Kier alpha value is -2.42.